The van der Waals surface area contributed by atoms with Gasteiger partial charge in [0.15, 0.2) is 0 Å². The normalized spacial score (nSPS) is 11.5. The summed E-state index contributed by atoms with van der Waals surface area (Å²) in [6.07, 6.45) is 1.81. The van der Waals surface area contributed by atoms with E-state index in [-0.39, 0.29) is 18.3 Å². The molecule has 0 aromatic heterocycles. The fraction of sp³-hybridized carbons (Fsp3) is 0.462. The molecule has 96 valence electrons. The second-order valence-electron chi connectivity index (χ2n) is 3.94. The molecule has 1 aromatic rings. The lowest BCUT2D eigenvalue weighted by Gasteiger charge is -2.15. The fourth-order valence-corrected chi connectivity index (χ4v) is 1.64. The van der Waals surface area contributed by atoms with Gasteiger partial charge in [0.2, 0.25) is 5.91 Å². The van der Waals surface area contributed by atoms with Gasteiger partial charge in [0.1, 0.15) is 0 Å². The predicted molar refractivity (Wildman–Crippen MR) is 74.7 cm³/mol. The number of hydrogen-bond acceptors (Lipinski definition) is 2. The summed E-state index contributed by atoms with van der Waals surface area (Å²) in [5.41, 5.74) is 8.82. The molecule has 4 heteroatoms. The first-order chi connectivity index (χ1) is 7.60. The lowest BCUT2D eigenvalue weighted by molar-refractivity contribution is -0.117. The summed E-state index contributed by atoms with van der Waals surface area (Å²) < 4.78 is 0. The highest BCUT2D eigenvalue weighted by Gasteiger charge is 2.12. The number of nitrogens with one attached hydrogen (secondary N) is 1. The fourth-order valence-electron chi connectivity index (χ4n) is 1.64. The summed E-state index contributed by atoms with van der Waals surface area (Å²) in [4.78, 5) is 11.6. The van der Waals surface area contributed by atoms with Gasteiger partial charge in [0.25, 0.3) is 0 Å². The van der Waals surface area contributed by atoms with E-state index in [4.69, 9.17) is 5.73 Å². The number of amides is 1. The molecule has 0 bridgehead atoms. The minimum absolute atomic E-state index is 0. The van der Waals surface area contributed by atoms with E-state index in [1.54, 1.807) is 6.92 Å². The van der Waals surface area contributed by atoms with Gasteiger partial charge in [-0.3, -0.25) is 4.79 Å². The Hall–Kier alpha value is -1.06. The van der Waals surface area contributed by atoms with Gasteiger partial charge in [-0.2, -0.15) is 0 Å². The zero-order valence-corrected chi connectivity index (χ0v) is 11.4. The Morgan fingerprint density at radius 3 is 2.12 bits per heavy atom. The summed E-state index contributed by atoms with van der Waals surface area (Å²) in [5.74, 6) is -0.129. The van der Waals surface area contributed by atoms with E-state index in [1.165, 1.54) is 0 Å². The molecule has 1 amide bonds. The van der Waals surface area contributed by atoms with Crippen molar-refractivity contribution in [3.05, 3.63) is 29.3 Å². The van der Waals surface area contributed by atoms with Crippen molar-refractivity contribution in [2.75, 3.05) is 5.32 Å². The van der Waals surface area contributed by atoms with Crippen LogP contribution in [0.5, 0.6) is 0 Å². The Kier molecular flexibility index (Phi) is 6.85. The molecule has 0 spiro atoms. The second-order valence-corrected chi connectivity index (χ2v) is 3.94. The standard InChI is InChI=1S/C13H20N2O.ClH/c1-4-10-7-6-8-11(5-2)12(10)15-13(16)9(3)14;/h6-9H,4-5,14H2,1-3H3,(H,15,16);1H. The van der Waals surface area contributed by atoms with Crippen LogP contribution in [0.3, 0.4) is 0 Å². The van der Waals surface area contributed by atoms with Crippen LogP contribution in [0.15, 0.2) is 18.2 Å². The number of hydrogen-bond donors (Lipinski definition) is 2. The molecule has 17 heavy (non-hydrogen) atoms. The number of anilines is 1. The summed E-state index contributed by atoms with van der Waals surface area (Å²) in [5, 5.41) is 2.92. The third-order valence-electron chi connectivity index (χ3n) is 2.66. The lowest BCUT2D eigenvalue weighted by Crippen LogP contribution is -2.33. The summed E-state index contributed by atoms with van der Waals surface area (Å²) in [6, 6.07) is 5.63. The molecule has 0 saturated heterocycles. The Balaban J connectivity index is 0.00000256. The van der Waals surface area contributed by atoms with Crippen molar-refractivity contribution in [3.8, 4) is 0 Å². The Bertz CT molecular complexity index is 355. The molecule has 0 aliphatic rings. The zero-order valence-electron chi connectivity index (χ0n) is 10.6. The topological polar surface area (TPSA) is 55.1 Å². The molecule has 0 fully saturated rings. The van der Waals surface area contributed by atoms with Crippen LogP contribution in [0.2, 0.25) is 0 Å². The maximum atomic E-state index is 11.6. The summed E-state index contributed by atoms with van der Waals surface area (Å²) >= 11 is 0. The van der Waals surface area contributed by atoms with E-state index in [2.05, 4.69) is 19.2 Å². The molecule has 0 aliphatic carbocycles. The van der Waals surface area contributed by atoms with Crippen LogP contribution in [0.1, 0.15) is 31.9 Å². The zero-order chi connectivity index (χ0) is 12.1. The highest BCUT2D eigenvalue weighted by Crippen LogP contribution is 2.22. The third kappa shape index (κ3) is 4.02. The van der Waals surface area contributed by atoms with Gasteiger partial charge in [0.05, 0.1) is 6.04 Å². The lowest BCUT2D eigenvalue weighted by atomic mass is 10.0. The van der Waals surface area contributed by atoms with Crippen molar-refractivity contribution in [1.82, 2.24) is 0 Å². The molecule has 0 heterocycles. The molecule has 1 atom stereocenters. The van der Waals surface area contributed by atoms with Gasteiger partial charge in [0, 0.05) is 5.69 Å². The van der Waals surface area contributed by atoms with Crippen molar-refractivity contribution in [1.29, 1.82) is 0 Å². The van der Waals surface area contributed by atoms with Gasteiger partial charge in [-0.05, 0) is 30.9 Å². The van der Waals surface area contributed by atoms with Crippen molar-refractivity contribution >= 4 is 24.0 Å². The number of nitrogens with two attached hydrogens (primary N) is 1. The molecular weight excluding hydrogens is 236 g/mol. The molecule has 0 aliphatic heterocycles. The number of carbonyl (C=O) groups excluding carboxylic acids is 1. The van der Waals surface area contributed by atoms with Gasteiger partial charge >= 0.3 is 0 Å². The molecule has 3 N–H and O–H groups in total. The predicted octanol–water partition coefficient (Wildman–Crippen LogP) is 2.52. The number of halogens is 1. The number of para-hydroxylation sites is 1. The van der Waals surface area contributed by atoms with Crippen LogP contribution >= 0.6 is 12.4 Å². The molecule has 1 unspecified atom stereocenters. The molecular formula is C13H21ClN2O. The first-order valence-electron chi connectivity index (χ1n) is 5.77. The molecule has 3 nitrogen and oxygen atoms in total. The van der Waals surface area contributed by atoms with Crippen LogP contribution in [0.4, 0.5) is 5.69 Å². The average Bonchev–Trinajstić information content (AvgIpc) is 2.29. The van der Waals surface area contributed by atoms with Crippen molar-refractivity contribution in [2.24, 2.45) is 5.73 Å². The van der Waals surface area contributed by atoms with Crippen LogP contribution in [-0.4, -0.2) is 11.9 Å². The summed E-state index contributed by atoms with van der Waals surface area (Å²) in [7, 11) is 0. The minimum atomic E-state index is -0.477. The maximum absolute atomic E-state index is 11.6. The number of aryl methyl sites for hydroxylation is 2. The number of benzene rings is 1. The monoisotopic (exact) mass is 256 g/mol. The Labute approximate surface area is 109 Å². The third-order valence-corrected chi connectivity index (χ3v) is 2.66. The van der Waals surface area contributed by atoms with E-state index in [0.717, 1.165) is 29.7 Å². The Morgan fingerprint density at radius 1 is 1.29 bits per heavy atom. The van der Waals surface area contributed by atoms with Gasteiger partial charge in [-0.1, -0.05) is 32.0 Å². The highest BCUT2D eigenvalue weighted by molar-refractivity contribution is 5.95. The van der Waals surface area contributed by atoms with Gasteiger partial charge < -0.3 is 11.1 Å². The quantitative estimate of drug-likeness (QED) is 0.870. The van der Waals surface area contributed by atoms with Crippen LogP contribution in [0.25, 0.3) is 0 Å². The first-order valence-corrected chi connectivity index (χ1v) is 5.77. The number of carbonyl (C=O) groups is 1. The first kappa shape index (κ1) is 15.9. The van der Waals surface area contributed by atoms with Crippen molar-refractivity contribution in [3.63, 3.8) is 0 Å². The van der Waals surface area contributed by atoms with E-state index >= 15 is 0 Å². The number of rotatable bonds is 4. The van der Waals surface area contributed by atoms with Crippen molar-refractivity contribution < 1.29 is 4.79 Å². The van der Waals surface area contributed by atoms with E-state index in [1.807, 2.05) is 18.2 Å². The molecule has 1 aromatic carbocycles. The van der Waals surface area contributed by atoms with Gasteiger partial charge in [-0.25, -0.2) is 0 Å². The minimum Gasteiger partial charge on any atom is -0.324 e. The van der Waals surface area contributed by atoms with E-state index in [9.17, 15) is 4.79 Å². The van der Waals surface area contributed by atoms with Crippen LogP contribution in [-0.2, 0) is 17.6 Å². The maximum Gasteiger partial charge on any atom is 0.241 e. The smallest absolute Gasteiger partial charge is 0.241 e. The van der Waals surface area contributed by atoms with Crippen LogP contribution < -0.4 is 11.1 Å². The highest BCUT2D eigenvalue weighted by atomic mass is 35.5. The van der Waals surface area contributed by atoms with Crippen LogP contribution in [0, 0.1) is 0 Å². The second kappa shape index (κ2) is 7.30. The average molecular weight is 257 g/mol. The van der Waals surface area contributed by atoms with Crippen molar-refractivity contribution in [2.45, 2.75) is 39.7 Å². The molecule has 1 rings (SSSR count). The van der Waals surface area contributed by atoms with Gasteiger partial charge in [-0.15, -0.1) is 12.4 Å². The molecule has 0 saturated carbocycles. The van der Waals surface area contributed by atoms with E-state index < -0.39 is 6.04 Å². The van der Waals surface area contributed by atoms with E-state index in [0.29, 0.717) is 0 Å². The SMILES string of the molecule is CCc1cccc(CC)c1NC(=O)C(C)N.Cl. The Morgan fingerprint density at radius 2 is 1.76 bits per heavy atom. The summed E-state index contributed by atoms with van der Waals surface area (Å²) in [6.45, 7) is 5.85. The molecule has 0 radical (unpaired) electrons. The largest absolute Gasteiger partial charge is 0.324 e.